The fourth-order valence-corrected chi connectivity index (χ4v) is 3.20. The summed E-state index contributed by atoms with van der Waals surface area (Å²) < 4.78 is 5.75. The largest absolute Gasteiger partial charge is 0.478 e. The number of rotatable bonds is 7. The minimum Gasteiger partial charge on any atom is -0.478 e. The van der Waals surface area contributed by atoms with Gasteiger partial charge in [-0.3, -0.25) is 5.10 Å². The Hall–Kier alpha value is -3.33. The predicted molar refractivity (Wildman–Crippen MR) is 103 cm³/mol. The molecule has 0 aliphatic carbocycles. The Bertz CT molecular complexity index is 1070. The van der Waals surface area contributed by atoms with Gasteiger partial charge in [-0.25, -0.2) is 14.6 Å². The van der Waals surface area contributed by atoms with E-state index >= 15 is 0 Å². The SMILES string of the molecule is CCc1nc(S/C(=C\c2ccc(-c3ccc(C(=O)O)cc3C)o2)C(=O)O)n[nH]1. The number of nitrogens with zero attached hydrogens (tertiary/aromatic N) is 2. The van der Waals surface area contributed by atoms with E-state index in [1.807, 2.05) is 6.92 Å². The topological polar surface area (TPSA) is 129 Å². The maximum atomic E-state index is 11.6. The van der Waals surface area contributed by atoms with Crippen LogP contribution in [0, 0.1) is 6.92 Å². The summed E-state index contributed by atoms with van der Waals surface area (Å²) in [5.41, 5.74) is 1.66. The molecule has 0 saturated heterocycles. The van der Waals surface area contributed by atoms with Gasteiger partial charge in [0, 0.05) is 18.1 Å². The van der Waals surface area contributed by atoms with Crippen LogP contribution >= 0.6 is 11.8 Å². The molecule has 0 unspecified atom stereocenters. The van der Waals surface area contributed by atoms with Gasteiger partial charge in [-0.05, 0) is 48.5 Å². The molecule has 0 atom stereocenters. The van der Waals surface area contributed by atoms with Crippen LogP contribution in [-0.2, 0) is 11.2 Å². The smallest absolute Gasteiger partial charge is 0.342 e. The van der Waals surface area contributed by atoms with Crippen molar-refractivity contribution in [3.63, 3.8) is 0 Å². The fourth-order valence-electron chi connectivity index (χ4n) is 2.49. The van der Waals surface area contributed by atoms with Gasteiger partial charge >= 0.3 is 11.9 Å². The maximum absolute atomic E-state index is 11.6. The van der Waals surface area contributed by atoms with Crippen molar-refractivity contribution in [2.45, 2.75) is 25.4 Å². The third-order valence-corrected chi connectivity index (χ3v) is 4.77. The zero-order valence-corrected chi connectivity index (χ0v) is 15.9. The van der Waals surface area contributed by atoms with Gasteiger partial charge in [-0.1, -0.05) is 13.0 Å². The Labute approximate surface area is 164 Å². The number of furan rings is 1. The van der Waals surface area contributed by atoms with Crippen LogP contribution in [0.1, 0.15) is 34.4 Å². The highest BCUT2D eigenvalue weighted by Gasteiger charge is 2.15. The van der Waals surface area contributed by atoms with E-state index in [1.54, 1.807) is 31.2 Å². The number of benzene rings is 1. The molecule has 2 heterocycles. The Kier molecular flexibility index (Phi) is 5.65. The minimum atomic E-state index is -1.12. The summed E-state index contributed by atoms with van der Waals surface area (Å²) >= 11 is 0.924. The van der Waals surface area contributed by atoms with E-state index in [-0.39, 0.29) is 10.5 Å². The number of carbonyl (C=O) groups is 2. The lowest BCUT2D eigenvalue weighted by Crippen LogP contribution is -1.97. The number of thioether (sulfide) groups is 1. The molecule has 0 amide bonds. The van der Waals surface area contributed by atoms with Gasteiger partial charge in [-0.2, -0.15) is 0 Å². The fraction of sp³-hybridized carbons (Fsp3) is 0.158. The number of aryl methyl sites for hydroxylation is 2. The normalized spacial score (nSPS) is 11.6. The van der Waals surface area contributed by atoms with E-state index < -0.39 is 11.9 Å². The molecule has 3 aromatic rings. The minimum absolute atomic E-state index is 0.0144. The van der Waals surface area contributed by atoms with Gasteiger partial charge in [-0.15, -0.1) is 5.10 Å². The standard InChI is InChI=1S/C19H17N3O5S/c1-3-16-20-19(22-21-16)28-15(18(25)26)9-12-5-7-14(27-12)13-6-4-11(17(23)24)8-10(13)2/h4-9H,3H2,1-2H3,(H,23,24)(H,25,26)(H,20,21,22)/b15-9-. The van der Waals surface area contributed by atoms with E-state index in [4.69, 9.17) is 9.52 Å². The highest BCUT2D eigenvalue weighted by molar-refractivity contribution is 8.04. The van der Waals surface area contributed by atoms with E-state index in [0.29, 0.717) is 28.9 Å². The molecule has 1 aromatic carbocycles. The van der Waals surface area contributed by atoms with Crippen molar-refractivity contribution in [3.05, 3.63) is 57.9 Å². The van der Waals surface area contributed by atoms with Gasteiger partial charge in [0.05, 0.1) is 5.56 Å². The number of aromatic carboxylic acids is 1. The van der Waals surface area contributed by atoms with Crippen molar-refractivity contribution in [2.75, 3.05) is 0 Å². The van der Waals surface area contributed by atoms with Gasteiger partial charge in [0.1, 0.15) is 22.3 Å². The van der Waals surface area contributed by atoms with Crippen LogP contribution in [0.3, 0.4) is 0 Å². The molecule has 0 bridgehead atoms. The zero-order valence-electron chi connectivity index (χ0n) is 15.1. The zero-order chi connectivity index (χ0) is 20.3. The monoisotopic (exact) mass is 399 g/mol. The average Bonchev–Trinajstić information content (AvgIpc) is 3.30. The first kappa shape index (κ1) is 19.4. The van der Waals surface area contributed by atoms with Crippen molar-refractivity contribution in [1.82, 2.24) is 15.2 Å². The van der Waals surface area contributed by atoms with Crippen LogP contribution < -0.4 is 0 Å². The summed E-state index contributed by atoms with van der Waals surface area (Å²) in [4.78, 5) is 26.8. The molecular formula is C19H17N3O5S. The summed E-state index contributed by atoms with van der Waals surface area (Å²) in [6.45, 7) is 3.70. The third-order valence-electron chi connectivity index (χ3n) is 3.90. The van der Waals surface area contributed by atoms with Crippen molar-refractivity contribution in [2.24, 2.45) is 0 Å². The molecule has 0 spiro atoms. The summed E-state index contributed by atoms with van der Waals surface area (Å²) in [5.74, 6) is -0.575. The quantitative estimate of drug-likeness (QED) is 0.403. The van der Waals surface area contributed by atoms with Gasteiger partial charge in [0.2, 0.25) is 5.16 Å². The maximum Gasteiger partial charge on any atom is 0.342 e. The molecule has 0 aliphatic rings. The van der Waals surface area contributed by atoms with E-state index in [0.717, 1.165) is 22.9 Å². The summed E-state index contributed by atoms with van der Waals surface area (Å²) in [7, 11) is 0. The second-order valence-electron chi connectivity index (χ2n) is 5.87. The average molecular weight is 399 g/mol. The second kappa shape index (κ2) is 8.13. The highest BCUT2D eigenvalue weighted by Crippen LogP contribution is 2.30. The van der Waals surface area contributed by atoms with Crippen LogP contribution in [0.15, 0.2) is 44.8 Å². The Morgan fingerprint density at radius 3 is 2.64 bits per heavy atom. The van der Waals surface area contributed by atoms with E-state index in [2.05, 4.69) is 15.2 Å². The molecular weight excluding hydrogens is 382 g/mol. The van der Waals surface area contributed by atoms with Crippen molar-refractivity contribution >= 4 is 29.8 Å². The lowest BCUT2D eigenvalue weighted by Gasteiger charge is -2.04. The first-order valence-corrected chi connectivity index (χ1v) is 9.17. The number of carboxylic acid groups (broad SMARTS) is 2. The molecule has 2 aromatic heterocycles. The van der Waals surface area contributed by atoms with E-state index in [9.17, 15) is 14.7 Å². The number of hydrogen-bond acceptors (Lipinski definition) is 6. The second-order valence-corrected chi connectivity index (χ2v) is 6.88. The first-order valence-electron chi connectivity index (χ1n) is 8.35. The van der Waals surface area contributed by atoms with Crippen LogP contribution in [-0.4, -0.2) is 37.3 Å². The molecule has 144 valence electrons. The number of H-pyrrole nitrogens is 1. The van der Waals surface area contributed by atoms with Gasteiger partial charge in [0.15, 0.2) is 0 Å². The van der Waals surface area contributed by atoms with E-state index in [1.165, 1.54) is 12.1 Å². The third kappa shape index (κ3) is 4.32. The summed E-state index contributed by atoms with van der Waals surface area (Å²) in [5, 5.41) is 25.6. The molecule has 3 N–H and O–H groups in total. The Morgan fingerprint density at radius 2 is 2.04 bits per heavy atom. The lowest BCUT2D eigenvalue weighted by atomic mass is 10.0. The van der Waals surface area contributed by atoms with Crippen molar-refractivity contribution in [3.8, 4) is 11.3 Å². The molecule has 28 heavy (non-hydrogen) atoms. The van der Waals surface area contributed by atoms with Gasteiger partial charge in [0.25, 0.3) is 0 Å². The number of hydrogen-bond donors (Lipinski definition) is 3. The summed E-state index contributed by atoms with van der Waals surface area (Å²) in [6, 6.07) is 8.08. The highest BCUT2D eigenvalue weighted by atomic mass is 32.2. The Morgan fingerprint density at radius 1 is 1.25 bits per heavy atom. The summed E-state index contributed by atoms with van der Waals surface area (Å²) in [6.07, 6.45) is 2.07. The molecule has 0 radical (unpaired) electrons. The van der Waals surface area contributed by atoms with Gasteiger partial charge < -0.3 is 14.6 Å². The molecule has 9 heteroatoms. The Balaban J connectivity index is 1.86. The molecule has 0 fully saturated rings. The van der Waals surface area contributed by atoms with Crippen molar-refractivity contribution in [1.29, 1.82) is 0 Å². The number of aromatic amines is 1. The predicted octanol–water partition coefficient (Wildman–Crippen LogP) is 3.85. The molecule has 8 nitrogen and oxygen atoms in total. The van der Waals surface area contributed by atoms with Crippen LogP contribution in [0.25, 0.3) is 17.4 Å². The first-order chi connectivity index (χ1) is 13.4. The number of nitrogens with one attached hydrogen (secondary N) is 1. The number of aliphatic carboxylic acids is 1. The van der Waals surface area contributed by atoms with Crippen LogP contribution in [0.4, 0.5) is 0 Å². The number of carboxylic acids is 2. The van der Waals surface area contributed by atoms with Crippen molar-refractivity contribution < 1.29 is 24.2 Å². The lowest BCUT2D eigenvalue weighted by molar-refractivity contribution is -0.131. The van der Waals surface area contributed by atoms with Crippen LogP contribution in [0.5, 0.6) is 0 Å². The molecule has 3 rings (SSSR count). The molecule has 0 saturated carbocycles. The van der Waals surface area contributed by atoms with Crippen LogP contribution in [0.2, 0.25) is 0 Å². The molecule has 0 aliphatic heterocycles. The number of aromatic nitrogens is 3.